The number of pyridine rings is 1. The van der Waals surface area contributed by atoms with Gasteiger partial charge in [-0.1, -0.05) is 0 Å². The summed E-state index contributed by atoms with van der Waals surface area (Å²) < 4.78 is 0. The zero-order valence-corrected chi connectivity index (χ0v) is 7.33. The van der Waals surface area contributed by atoms with Crippen molar-refractivity contribution in [3.05, 3.63) is 29.6 Å². The fourth-order valence-electron chi connectivity index (χ4n) is 1.71. The maximum absolute atomic E-state index is 5.58. The molecular weight excluding hydrogens is 148 g/mol. The molecule has 2 atom stereocenters. The molecule has 0 radical (unpaired) electrons. The predicted octanol–water partition coefficient (Wildman–Crippen LogP) is 1.45. The van der Waals surface area contributed by atoms with E-state index in [-0.39, 0.29) is 0 Å². The zero-order chi connectivity index (χ0) is 8.55. The van der Waals surface area contributed by atoms with Gasteiger partial charge in [0.2, 0.25) is 0 Å². The van der Waals surface area contributed by atoms with E-state index in [4.69, 9.17) is 5.73 Å². The second-order valence-electron chi connectivity index (χ2n) is 3.57. The van der Waals surface area contributed by atoms with Crippen molar-refractivity contribution in [1.82, 2.24) is 4.98 Å². The van der Waals surface area contributed by atoms with Crippen LogP contribution in [0, 0.1) is 12.8 Å². The highest BCUT2D eigenvalue weighted by atomic mass is 14.7. The van der Waals surface area contributed by atoms with Crippen molar-refractivity contribution in [2.75, 3.05) is 6.54 Å². The van der Waals surface area contributed by atoms with Crippen LogP contribution in [0.3, 0.4) is 0 Å². The molecule has 2 nitrogen and oxygen atoms in total. The van der Waals surface area contributed by atoms with Gasteiger partial charge in [-0.3, -0.25) is 4.98 Å². The van der Waals surface area contributed by atoms with Crippen LogP contribution in [0.1, 0.15) is 23.6 Å². The Hall–Kier alpha value is -0.890. The lowest BCUT2D eigenvalue weighted by atomic mass is 10.1. The molecule has 2 rings (SSSR count). The average molecular weight is 162 g/mol. The number of aromatic nitrogens is 1. The first-order valence-electron chi connectivity index (χ1n) is 4.44. The molecule has 1 aliphatic rings. The smallest absolute Gasteiger partial charge is 0.0375 e. The monoisotopic (exact) mass is 162 g/mol. The molecular formula is C10H14N2. The summed E-state index contributed by atoms with van der Waals surface area (Å²) >= 11 is 0. The Balaban J connectivity index is 2.14. The van der Waals surface area contributed by atoms with Crippen molar-refractivity contribution in [3.63, 3.8) is 0 Å². The van der Waals surface area contributed by atoms with Gasteiger partial charge in [0.15, 0.2) is 0 Å². The van der Waals surface area contributed by atoms with E-state index in [0.717, 1.165) is 24.1 Å². The van der Waals surface area contributed by atoms with Crippen molar-refractivity contribution in [1.29, 1.82) is 0 Å². The molecule has 0 aliphatic heterocycles. The summed E-state index contributed by atoms with van der Waals surface area (Å²) in [7, 11) is 0. The highest BCUT2D eigenvalue weighted by Crippen LogP contribution is 2.46. The summed E-state index contributed by atoms with van der Waals surface area (Å²) in [5, 5.41) is 0. The topological polar surface area (TPSA) is 38.9 Å². The minimum atomic E-state index is 0.719. The van der Waals surface area contributed by atoms with Crippen LogP contribution in [0.2, 0.25) is 0 Å². The van der Waals surface area contributed by atoms with Crippen LogP contribution in [0.5, 0.6) is 0 Å². The van der Waals surface area contributed by atoms with Crippen LogP contribution in [0.15, 0.2) is 18.3 Å². The number of hydrogen-bond acceptors (Lipinski definition) is 2. The van der Waals surface area contributed by atoms with Crippen LogP contribution < -0.4 is 5.73 Å². The van der Waals surface area contributed by atoms with Gasteiger partial charge in [-0.05, 0) is 49.4 Å². The Morgan fingerprint density at radius 1 is 1.67 bits per heavy atom. The lowest BCUT2D eigenvalue weighted by Gasteiger charge is -1.99. The highest BCUT2D eigenvalue weighted by Gasteiger charge is 2.36. The molecule has 0 aromatic carbocycles. The minimum Gasteiger partial charge on any atom is -0.330 e. The maximum Gasteiger partial charge on any atom is 0.0375 e. The van der Waals surface area contributed by atoms with Crippen molar-refractivity contribution >= 4 is 0 Å². The fraction of sp³-hybridized carbons (Fsp3) is 0.500. The van der Waals surface area contributed by atoms with Crippen LogP contribution >= 0.6 is 0 Å². The minimum absolute atomic E-state index is 0.719. The first-order chi connectivity index (χ1) is 5.81. The molecule has 2 heteroatoms. The first-order valence-corrected chi connectivity index (χ1v) is 4.44. The summed E-state index contributed by atoms with van der Waals surface area (Å²) in [6.07, 6.45) is 3.15. The van der Waals surface area contributed by atoms with E-state index in [2.05, 4.69) is 17.1 Å². The normalized spacial score (nSPS) is 27.2. The number of aryl methyl sites for hydroxylation is 1. The summed E-state index contributed by atoms with van der Waals surface area (Å²) in [4.78, 5) is 4.17. The molecule has 0 saturated heterocycles. The predicted molar refractivity (Wildman–Crippen MR) is 48.9 cm³/mol. The average Bonchev–Trinajstić information content (AvgIpc) is 2.83. The van der Waals surface area contributed by atoms with E-state index in [1.54, 1.807) is 0 Å². The number of nitrogens with two attached hydrogens (primary N) is 1. The van der Waals surface area contributed by atoms with E-state index >= 15 is 0 Å². The summed E-state index contributed by atoms with van der Waals surface area (Å²) in [5.41, 5.74) is 8.11. The van der Waals surface area contributed by atoms with E-state index in [1.807, 2.05) is 13.1 Å². The quantitative estimate of drug-likeness (QED) is 0.715. The molecule has 1 saturated carbocycles. The van der Waals surface area contributed by atoms with Crippen LogP contribution in [0.4, 0.5) is 0 Å². The molecule has 0 unspecified atom stereocenters. The van der Waals surface area contributed by atoms with Gasteiger partial charge in [-0.2, -0.15) is 0 Å². The lowest BCUT2D eigenvalue weighted by molar-refractivity contribution is 0.808. The fourth-order valence-corrected chi connectivity index (χ4v) is 1.71. The molecule has 1 aromatic heterocycles. The molecule has 12 heavy (non-hydrogen) atoms. The first kappa shape index (κ1) is 7.74. The van der Waals surface area contributed by atoms with Gasteiger partial charge in [-0.15, -0.1) is 0 Å². The third-order valence-corrected chi connectivity index (χ3v) is 2.57. The van der Waals surface area contributed by atoms with Gasteiger partial charge in [0.1, 0.15) is 0 Å². The molecule has 1 heterocycles. The Bertz CT molecular complexity index is 283. The zero-order valence-electron chi connectivity index (χ0n) is 7.33. The summed E-state index contributed by atoms with van der Waals surface area (Å²) in [6.45, 7) is 2.86. The van der Waals surface area contributed by atoms with Crippen LogP contribution in [0.25, 0.3) is 0 Å². The molecule has 0 amide bonds. The van der Waals surface area contributed by atoms with Crippen molar-refractivity contribution in [3.8, 4) is 0 Å². The Kier molecular flexibility index (Phi) is 1.85. The number of hydrogen-bond donors (Lipinski definition) is 1. The third kappa shape index (κ3) is 1.34. The molecule has 0 spiro atoms. The van der Waals surface area contributed by atoms with E-state index in [9.17, 15) is 0 Å². The molecule has 2 N–H and O–H groups in total. The molecule has 0 bridgehead atoms. The van der Waals surface area contributed by atoms with E-state index < -0.39 is 0 Å². The van der Waals surface area contributed by atoms with Gasteiger partial charge in [-0.25, -0.2) is 0 Å². The van der Waals surface area contributed by atoms with Gasteiger partial charge < -0.3 is 5.73 Å². The lowest BCUT2D eigenvalue weighted by Crippen LogP contribution is -2.02. The highest BCUT2D eigenvalue weighted by molar-refractivity contribution is 5.26. The van der Waals surface area contributed by atoms with Crippen molar-refractivity contribution < 1.29 is 0 Å². The Labute approximate surface area is 72.8 Å². The van der Waals surface area contributed by atoms with Crippen LogP contribution in [-0.4, -0.2) is 11.5 Å². The SMILES string of the molecule is Cc1cc([C@@H]2C[C@H]2CN)ccn1. The van der Waals surface area contributed by atoms with Gasteiger partial charge in [0.25, 0.3) is 0 Å². The second-order valence-corrected chi connectivity index (χ2v) is 3.57. The number of rotatable bonds is 2. The van der Waals surface area contributed by atoms with Gasteiger partial charge >= 0.3 is 0 Å². The maximum atomic E-state index is 5.58. The van der Waals surface area contributed by atoms with Crippen molar-refractivity contribution in [2.24, 2.45) is 11.7 Å². The van der Waals surface area contributed by atoms with Crippen molar-refractivity contribution in [2.45, 2.75) is 19.3 Å². The van der Waals surface area contributed by atoms with Gasteiger partial charge in [0.05, 0.1) is 0 Å². The van der Waals surface area contributed by atoms with E-state index in [0.29, 0.717) is 0 Å². The summed E-state index contributed by atoms with van der Waals surface area (Å²) in [5.74, 6) is 1.45. The second kappa shape index (κ2) is 2.87. The third-order valence-electron chi connectivity index (χ3n) is 2.57. The molecule has 1 aromatic rings. The molecule has 1 aliphatic carbocycles. The Morgan fingerprint density at radius 2 is 2.50 bits per heavy atom. The van der Waals surface area contributed by atoms with Gasteiger partial charge in [0, 0.05) is 11.9 Å². The summed E-state index contributed by atoms with van der Waals surface area (Å²) in [6, 6.07) is 4.27. The Morgan fingerprint density at radius 3 is 3.08 bits per heavy atom. The molecule has 64 valence electrons. The standard InChI is InChI=1S/C10H14N2/c1-7-4-8(2-3-12-7)10-5-9(10)6-11/h2-4,9-10H,5-6,11H2,1H3/t9-,10-/m0/s1. The van der Waals surface area contributed by atoms with Crippen LogP contribution in [-0.2, 0) is 0 Å². The molecule has 1 fully saturated rings. The largest absolute Gasteiger partial charge is 0.330 e. The number of nitrogens with zero attached hydrogens (tertiary/aromatic N) is 1. The van der Waals surface area contributed by atoms with E-state index in [1.165, 1.54) is 12.0 Å².